The van der Waals surface area contributed by atoms with Gasteiger partial charge in [0.2, 0.25) is 0 Å². The highest BCUT2D eigenvalue weighted by Gasteiger charge is 2.21. The summed E-state index contributed by atoms with van der Waals surface area (Å²) in [7, 11) is 3.41. The Balaban J connectivity index is 2.26. The summed E-state index contributed by atoms with van der Waals surface area (Å²) in [6.45, 7) is 0.418. The zero-order valence-electron chi connectivity index (χ0n) is 7.58. The molecule has 0 saturated carbocycles. The van der Waals surface area contributed by atoms with Crippen molar-refractivity contribution in [1.82, 2.24) is 4.90 Å². The Kier molecular flexibility index (Phi) is 3.88. The fraction of sp³-hybridized carbons (Fsp3) is 0.875. The van der Waals surface area contributed by atoms with Crippen molar-refractivity contribution in [2.75, 3.05) is 32.2 Å². The molecule has 1 aliphatic heterocycles. The van der Waals surface area contributed by atoms with E-state index in [1.807, 2.05) is 18.8 Å². The van der Waals surface area contributed by atoms with Crippen LogP contribution in [0.3, 0.4) is 0 Å². The lowest BCUT2D eigenvalue weighted by Gasteiger charge is -2.21. The number of thioether (sulfide) groups is 1. The molecule has 0 N–H and O–H groups in total. The molecule has 1 heterocycles. The molecule has 1 atom stereocenters. The van der Waals surface area contributed by atoms with Crippen LogP contribution in [-0.4, -0.2) is 49.1 Å². The van der Waals surface area contributed by atoms with Crippen molar-refractivity contribution in [3.8, 4) is 0 Å². The molecule has 1 aliphatic rings. The number of nitrogens with zero attached hydrogens (tertiary/aromatic N) is 1. The third kappa shape index (κ3) is 2.68. The summed E-state index contributed by atoms with van der Waals surface area (Å²) in [5, 5.41) is 0. The molecule has 0 bridgehead atoms. The molecule has 1 saturated heterocycles. The molecule has 0 radical (unpaired) electrons. The van der Waals surface area contributed by atoms with Gasteiger partial charge in [-0.25, -0.2) is 0 Å². The summed E-state index contributed by atoms with van der Waals surface area (Å²) in [6, 6.07) is 0.564. The van der Waals surface area contributed by atoms with Gasteiger partial charge in [0.05, 0.1) is 13.7 Å². The first-order chi connectivity index (χ1) is 5.74. The Morgan fingerprint density at radius 1 is 1.75 bits per heavy atom. The highest BCUT2D eigenvalue weighted by Crippen LogP contribution is 2.20. The van der Waals surface area contributed by atoms with Gasteiger partial charge in [0, 0.05) is 11.8 Å². The third-order valence-electron chi connectivity index (χ3n) is 2.14. The molecule has 1 fully saturated rings. The Bertz CT molecular complexity index is 157. The van der Waals surface area contributed by atoms with E-state index in [4.69, 9.17) is 0 Å². The molecular weight excluding hydrogens is 174 g/mol. The summed E-state index contributed by atoms with van der Waals surface area (Å²) in [4.78, 5) is 13.0. The van der Waals surface area contributed by atoms with Gasteiger partial charge in [-0.1, -0.05) is 0 Å². The number of likely N-dealkylation sites (N-methyl/N-ethyl adjacent to an activating group) is 1. The van der Waals surface area contributed by atoms with E-state index in [9.17, 15) is 4.79 Å². The van der Waals surface area contributed by atoms with Crippen LogP contribution in [0.25, 0.3) is 0 Å². The molecule has 4 heteroatoms. The minimum Gasteiger partial charge on any atom is -0.468 e. The number of carbonyl (C=O) groups excluding carboxylic acids is 1. The minimum absolute atomic E-state index is 0.144. The van der Waals surface area contributed by atoms with E-state index in [2.05, 4.69) is 9.64 Å². The topological polar surface area (TPSA) is 29.5 Å². The van der Waals surface area contributed by atoms with E-state index in [1.54, 1.807) is 0 Å². The molecule has 70 valence electrons. The van der Waals surface area contributed by atoms with Crippen LogP contribution < -0.4 is 0 Å². The van der Waals surface area contributed by atoms with Crippen molar-refractivity contribution in [2.24, 2.45) is 0 Å². The lowest BCUT2D eigenvalue weighted by molar-refractivity contribution is -0.142. The monoisotopic (exact) mass is 189 g/mol. The van der Waals surface area contributed by atoms with Crippen molar-refractivity contribution < 1.29 is 9.53 Å². The highest BCUT2D eigenvalue weighted by atomic mass is 32.2. The van der Waals surface area contributed by atoms with E-state index < -0.39 is 0 Å². The van der Waals surface area contributed by atoms with Crippen LogP contribution in [0.2, 0.25) is 0 Å². The van der Waals surface area contributed by atoms with Crippen LogP contribution >= 0.6 is 11.8 Å². The Morgan fingerprint density at radius 3 is 3.00 bits per heavy atom. The lowest BCUT2D eigenvalue weighted by atomic mass is 10.2. The largest absolute Gasteiger partial charge is 0.468 e. The van der Waals surface area contributed by atoms with Crippen molar-refractivity contribution in [3.05, 3.63) is 0 Å². The van der Waals surface area contributed by atoms with Gasteiger partial charge in [0.15, 0.2) is 0 Å². The van der Waals surface area contributed by atoms with Crippen LogP contribution in [-0.2, 0) is 9.53 Å². The smallest absolute Gasteiger partial charge is 0.319 e. The SMILES string of the molecule is COC(=O)CN(C)[C@@H]1CCSC1. The van der Waals surface area contributed by atoms with Gasteiger partial charge in [-0.3, -0.25) is 9.69 Å². The minimum atomic E-state index is -0.144. The van der Waals surface area contributed by atoms with Crippen LogP contribution in [0.15, 0.2) is 0 Å². The van der Waals surface area contributed by atoms with Crippen LogP contribution in [0, 0.1) is 0 Å². The molecule has 0 unspecified atom stereocenters. The molecule has 0 spiro atoms. The van der Waals surface area contributed by atoms with Crippen molar-refractivity contribution in [3.63, 3.8) is 0 Å². The second-order valence-corrected chi connectivity index (χ2v) is 4.16. The summed E-state index contributed by atoms with van der Waals surface area (Å²) < 4.78 is 4.59. The quantitative estimate of drug-likeness (QED) is 0.608. The van der Waals surface area contributed by atoms with Gasteiger partial charge in [-0.15, -0.1) is 0 Å². The average Bonchev–Trinajstić information content (AvgIpc) is 2.56. The molecule has 0 aromatic carbocycles. The van der Waals surface area contributed by atoms with E-state index in [0.29, 0.717) is 12.6 Å². The number of ether oxygens (including phenoxy) is 1. The van der Waals surface area contributed by atoms with E-state index in [0.717, 1.165) is 5.75 Å². The maximum Gasteiger partial charge on any atom is 0.319 e. The first-order valence-electron chi connectivity index (χ1n) is 4.09. The molecule has 0 aromatic heterocycles. The molecule has 0 aromatic rings. The lowest BCUT2D eigenvalue weighted by Crippen LogP contribution is -2.36. The van der Waals surface area contributed by atoms with Crippen molar-refractivity contribution in [2.45, 2.75) is 12.5 Å². The molecule has 0 aliphatic carbocycles. The highest BCUT2D eigenvalue weighted by molar-refractivity contribution is 7.99. The van der Waals surface area contributed by atoms with Crippen LogP contribution in [0.5, 0.6) is 0 Å². The summed E-state index contributed by atoms with van der Waals surface area (Å²) in [5.74, 6) is 2.22. The van der Waals surface area contributed by atoms with Gasteiger partial charge < -0.3 is 4.74 Å². The Morgan fingerprint density at radius 2 is 2.50 bits per heavy atom. The maximum absolute atomic E-state index is 10.9. The number of hydrogen-bond acceptors (Lipinski definition) is 4. The Labute approximate surface area is 77.4 Å². The van der Waals surface area contributed by atoms with Crippen LogP contribution in [0.4, 0.5) is 0 Å². The molecular formula is C8H15NO2S. The number of rotatable bonds is 3. The summed E-state index contributed by atoms with van der Waals surface area (Å²) in [6.07, 6.45) is 1.19. The molecule has 3 nitrogen and oxygen atoms in total. The summed E-state index contributed by atoms with van der Waals surface area (Å²) >= 11 is 1.95. The second-order valence-electron chi connectivity index (χ2n) is 3.01. The zero-order chi connectivity index (χ0) is 8.97. The fourth-order valence-corrected chi connectivity index (χ4v) is 2.57. The normalized spacial score (nSPS) is 23.1. The van der Waals surface area contributed by atoms with E-state index in [1.165, 1.54) is 19.3 Å². The van der Waals surface area contributed by atoms with Crippen LogP contribution in [0.1, 0.15) is 6.42 Å². The zero-order valence-corrected chi connectivity index (χ0v) is 8.39. The average molecular weight is 189 g/mol. The standard InChI is InChI=1S/C8H15NO2S/c1-9(5-8(10)11-2)7-3-4-12-6-7/h7H,3-6H2,1-2H3/t7-/m1/s1. The number of carbonyl (C=O) groups is 1. The predicted molar refractivity (Wildman–Crippen MR) is 50.4 cm³/mol. The first kappa shape index (κ1) is 9.86. The first-order valence-corrected chi connectivity index (χ1v) is 5.24. The van der Waals surface area contributed by atoms with E-state index >= 15 is 0 Å². The van der Waals surface area contributed by atoms with Gasteiger partial charge in [0.1, 0.15) is 0 Å². The van der Waals surface area contributed by atoms with Crippen molar-refractivity contribution >= 4 is 17.7 Å². The molecule has 0 amide bonds. The Hall–Kier alpha value is -0.220. The fourth-order valence-electron chi connectivity index (χ4n) is 1.27. The second kappa shape index (κ2) is 4.72. The van der Waals surface area contributed by atoms with Gasteiger partial charge in [0.25, 0.3) is 0 Å². The molecule has 12 heavy (non-hydrogen) atoms. The number of esters is 1. The summed E-state index contributed by atoms with van der Waals surface area (Å²) in [5.41, 5.74) is 0. The number of methoxy groups -OCH3 is 1. The van der Waals surface area contributed by atoms with E-state index in [-0.39, 0.29) is 5.97 Å². The predicted octanol–water partition coefficient (Wildman–Crippen LogP) is 0.597. The van der Waals surface area contributed by atoms with Gasteiger partial charge in [-0.2, -0.15) is 11.8 Å². The molecule has 1 rings (SSSR count). The van der Waals surface area contributed by atoms with Gasteiger partial charge >= 0.3 is 5.97 Å². The number of hydrogen-bond donors (Lipinski definition) is 0. The van der Waals surface area contributed by atoms with Gasteiger partial charge in [-0.05, 0) is 19.2 Å². The maximum atomic E-state index is 10.9. The van der Waals surface area contributed by atoms with Crippen molar-refractivity contribution in [1.29, 1.82) is 0 Å². The third-order valence-corrected chi connectivity index (χ3v) is 3.28.